The van der Waals surface area contributed by atoms with Gasteiger partial charge in [0, 0.05) is 17.5 Å². The van der Waals surface area contributed by atoms with Gasteiger partial charge in [0.1, 0.15) is 5.60 Å². The van der Waals surface area contributed by atoms with Crippen LogP contribution in [-0.2, 0) is 4.74 Å². The smallest absolute Gasteiger partial charge is 0.407 e. The van der Waals surface area contributed by atoms with Crippen molar-refractivity contribution in [1.29, 1.82) is 0 Å². The molecule has 0 saturated carbocycles. The number of amides is 1. The molecule has 0 aliphatic carbocycles. The van der Waals surface area contributed by atoms with Gasteiger partial charge in [-0.3, -0.25) is 0 Å². The lowest BCUT2D eigenvalue weighted by molar-refractivity contribution is 0.0503. The first-order valence-corrected chi connectivity index (χ1v) is 10.9. The van der Waals surface area contributed by atoms with Crippen molar-refractivity contribution in [2.45, 2.75) is 123 Å². The number of rotatable bonds is 16. The molecule has 0 fully saturated rings. The van der Waals surface area contributed by atoms with Gasteiger partial charge >= 0.3 is 6.09 Å². The molecule has 0 rings (SSSR count). The van der Waals surface area contributed by atoms with Gasteiger partial charge in [-0.15, -0.1) is 0 Å². The van der Waals surface area contributed by atoms with Gasteiger partial charge in [-0.1, -0.05) is 89.1 Å². The van der Waals surface area contributed by atoms with Crippen molar-refractivity contribution in [2.24, 2.45) is 5.11 Å². The van der Waals surface area contributed by atoms with Crippen LogP contribution in [0.4, 0.5) is 4.79 Å². The van der Waals surface area contributed by atoms with E-state index in [9.17, 15) is 4.79 Å². The van der Waals surface area contributed by atoms with Crippen LogP contribution in [0.15, 0.2) is 5.11 Å². The molecule has 0 aliphatic rings. The first-order valence-electron chi connectivity index (χ1n) is 10.9. The minimum absolute atomic E-state index is 0.154. The molecule has 0 spiro atoms. The van der Waals surface area contributed by atoms with E-state index in [-0.39, 0.29) is 12.6 Å². The van der Waals surface area contributed by atoms with E-state index >= 15 is 0 Å². The molecule has 0 aromatic heterocycles. The topological polar surface area (TPSA) is 87.1 Å². The summed E-state index contributed by atoms with van der Waals surface area (Å²) in [5.41, 5.74) is 8.00. The van der Waals surface area contributed by atoms with Gasteiger partial charge in [0.05, 0.1) is 0 Å². The van der Waals surface area contributed by atoms with E-state index in [0.717, 1.165) is 19.3 Å². The Morgan fingerprint density at radius 3 is 1.89 bits per heavy atom. The SMILES string of the molecule is CCCCCCCCCCCCCCC(CN=[N+]=[N-])NC(=O)OC(C)(C)C. The monoisotopic (exact) mass is 382 g/mol. The number of alkyl carbamates (subject to hydrolysis) is 1. The zero-order valence-electron chi connectivity index (χ0n) is 18.1. The fourth-order valence-corrected chi connectivity index (χ4v) is 3.05. The predicted octanol–water partition coefficient (Wildman–Crippen LogP) is 7.28. The first kappa shape index (κ1) is 25.6. The van der Waals surface area contributed by atoms with Gasteiger partial charge < -0.3 is 10.1 Å². The Morgan fingerprint density at radius 2 is 1.44 bits per heavy atom. The number of nitrogens with one attached hydrogen (secondary N) is 1. The summed E-state index contributed by atoms with van der Waals surface area (Å²) in [5.74, 6) is 0. The Bertz CT molecular complexity index is 415. The highest BCUT2D eigenvalue weighted by Gasteiger charge is 2.19. The zero-order valence-corrected chi connectivity index (χ0v) is 18.1. The lowest BCUT2D eigenvalue weighted by Gasteiger charge is -2.23. The lowest BCUT2D eigenvalue weighted by atomic mass is 10.0. The van der Waals surface area contributed by atoms with Crippen molar-refractivity contribution in [3.8, 4) is 0 Å². The third-order valence-electron chi connectivity index (χ3n) is 4.49. The van der Waals surface area contributed by atoms with Crippen molar-refractivity contribution in [3.05, 3.63) is 10.4 Å². The number of unbranched alkanes of at least 4 members (excludes halogenated alkanes) is 11. The molecule has 0 aliphatic heterocycles. The summed E-state index contributed by atoms with van der Waals surface area (Å²) in [6, 6.07) is -0.154. The molecule has 158 valence electrons. The molecule has 6 heteroatoms. The Hall–Kier alpha value is -1.42. The average molecular weight is 383 g/mol. The molecule has 0 saturated heterocycles. The van der Waals surface area contributed by atoms with Crippen LogP contribution in [0.3, 0.4) is 0 Å². The number of carbonyl (C=O) groups excluding carboxylic acids is 1. The number of nitrogens with zero attached hydrogens (tertiary/aromatic N) is 3. The van der Waals surface area contributed by atoms with Crippen molar-refractivity contribution in [1.82, 2.24) is 5.32 Å². The maximum Gasteiger partial charge on any atom is 0.407 e. The minimum Gasteiger partial charge on any atom is -0.444 e. The molecule has 0 radical (unpaired) electrons. The Morgan fingerprint density at radius 1 is 0.963 bits per heavy atom. The normalized spacial score (nSPS) is 12.3. The maximum absolute atomic E-state index is 11.9. The van der Waals surface area contributed by atoms with Gasteiger partial charge in [-0.2, -0.15) is 0 Å². The molecule has 0 aromatic rings. The summed E-state index contributed by atoms with van der Waals surface area (Å²) in [5, 5.41) is 6.43. The fourth-order valence-electron chi connectivity index (χ4n) is 3.05. The van der Waals surface area contributed by atoms with Gasteiger partial charge in [-0.25, -0.2) is 4.79 Å². The van der Waals surface area contributed by atoms with Crippen LogP contribution in [0, 0.1) is 0 Å². The zero-order chi connectivity index (χ0) is 20.4. The van der Waals surface area contributed by atoms with Gasteiger partial charge in [0.2, 0.25) is 0 Å². The van der Waals surface area contributed by atoms with E-state index in [1.165, 1.54) is 64.2 Å². The molecule has 1 unspecified atom stereocenters. The van der Waals surface area contributed by atoms with Crippen LogP contribution < -0.4 is 5.32 Å². The largest absolute Gasteiger partial charge is 0.444 e. The Balaban J connectivity index is 3.75. The van der Waals surface area contributed by atoms with E-state index < -0.39 is 11.7 Å². The minimum atomic E-state index is -0.525. The molecular formula is C21H42N4O2. The average Bonchev–Trinajstić information content (AvgIpc) is 2.58. The van der Waals surface area contributed by atoms with E-state index in [0.29, 0.717) is 0 Å². The van der Waals surface area contributed by atoms with Gasteiger partial charge in [0.25, 0.3) is 0 Å². The van der Waals surface area contributed by atoms with Crippen LogP contribution in [0.5, 0.6) is 0 Å². The Kier molecular flexibility index (Phi) is 15.9. The van der Waals surface area contributed by atoms with Crippen molar-refractivity contribution >= 4 is 6.09 Å². The summed E-state index contributed by atoms with van der Waals surface area (Å²) in [7, 11) is 0. The second-order valence-electron chi connectivity index (χ2n) is 8.43. The van der Waals surface area contributed by atoms with Crippen LogP contribution in [0.25, 0.3) is 10.4 Å². The lowest BCUT2D eigenvalue weighted by Crippen LogP contribution is -2.40. The van der Waals surface area contributed by atoms with Gasteiger partial charge in [-0.05, 0) is 32.7 Å². The third kappa shape index (κ3) is 19.2. The summed E-state index contributed by atoms with van der Waals surface area (Å²) in [6.07, 6.45) is 16.0. The number of carbonyl (C=O) groups is 1. The first-order chi connectivity index (χ1) is 12.9. The molecule has 1 amide bonds. The highest BCUT2D eigenvalue weighted by Crippen LogP contribution is 2.13. The van der Waals surface area contributed by atoms with E-state index in [4.69, 9.17) is 10.3 Å². The summed E-state index contributed by atoms with van der Waals surface area (Å²) in [6.45, 7) is 8.03. The number of hydrogen-bond acceptors (Lipinski definition) is 3. The summed E-state index contributed by atoms with van der Waals surface area (Å²) in [4.78, 5) is 14.7. The molecular weight excluding hydrogens is 340 g/mol. The number of hydrogen-bond donors (Lipinski definition) is 1. The molecule has 1 atom stereocenters. The predicted molar refractivity (Wildman–Crippen MR) is 113 cm³/mol. The van der Waals surface area contributed by atoms with Crippen LogP contribution in [0.1, 0.15) is 111 Å². The van der Waals surface area contributed by atoms with Crippen LogP contribution in [0.2, 0.25) is 0 Å². The molecule has 1 N–H and O–H groups in total. The van der Waals surface area contributed by atoms with Crippen molar-refractivity contribution in [2.75, 3.05) is 6.54 Å². The van der Waals surface area contributed by atoms with Crippen LogP contribution >= 0.6 is 0 Å². The van der Waals surface area contributed by atoms with E-state index in [1.807, 2.05) is 20.8 Å². The molecule has 27 heavy (non-hydrogen) atoms. The summed E-state index contributed by atoms with van der Waals surface area (Å²) < 4.78 is 5.28. The standard InChI is InChI=1S/C21H42N4O2/c1-5-6-7-8-9-10-11-12-13-14-15-16-17-19(18-23-25-22)24-20(26)27-21(2,3)4/h19H,5-18H2,1-4H3,(H,24,26). The highest BCUT2D eigenvalue weighted by molar-refractivity contribution is 5.68. The molecule has 0 aromatic carbocycles. The third-order valence-corrected chi connectivity index (χ3v) is 4.49. The second-order valence-corrected chi connectivity index (χ2v) is 8.43. The maximum atomic E-state index is 11.9. The molecule has 6 nitrogen and oxygen atoms in total. The highest BCUT2D eigenvalue weighted by atomic mass is 16.6. The van der Waals surface area contributed by atoms with E-state index in [2.05, 4.69) is 22.3 Å². The number of ether oxygens (including phenoxy) is 1. The van der Waals surface area contributed by atoms with Crippen molar-refractivity contribution in [3.63, 3.8) is 0 Å². The second kappa shape index (κ2) is 16.7. The van der Waals surface area contributed by atoms with Crippen molar-refractivity contribution < 1.29 is 9.53 Å². The van der Waals surface area contributed by atoms with Crippen LogP contribution in [-0.4, -0.2) is 24.3 Å². The molecule has 0 bridgehead atoms. The summed E-state index contributed by atoms with van der Waals surface area (Å²) >= 11 is 0. The van der Waals surface area contributed by atoms with Gasteiger partial charge in [0.15, 0.2) is 0 Å². The Labute approximate surface area is 166 Å². The quantitative estimate of drug-likeness (QED) is 0.131. The van der Waals surface area contributed by atoms with E-state index in [1.54, 1.807) is 0 Å². The number of azide groups is 1. The fraction of sp³-hybridized carbons (Fsp3) is 0.952. The molecule has 0 heterocycles.